The van der Waals surface area contributed by atoms with Crippen molar-refractivity contribution in [2.45, 2.75) is 24.4 Å². The molecule has 0 radical (unpaired) electrons. The smallest absolute Gasteiger partial charge is 0.242 e. The van der Waals surface area contributed by atoms with Crippen molar-refractivity contribution in [3.05, 3.63) is 63.6 Å². The molecule has 0 spiro atoms. The molecule has 0 aliphatic carbocycles. The zero-order valence-electron chi connectivity index (χ0n) is 15.7. The number of rotatable bonds is 6. The number of sulfonamides is 1. The minimum Gasteiger partial charge on any atom is -0.370 e. The van der Waals surface area contributed by atoms with E-state index < -0.39 is 10.0 Å². The lowest BCUT2D eigenvalue weighted by molar-refractivity contribution is 0.519. The van der Waals surface area contributed by atoms with Crippen molar-refractivity contribution in [2.75, 3.05) is 14.1 Å². The molecule has 0 aromatic heterocycles. The van der Waals surface area contributed by atoms with Gasteiger partial charge in [0.1, 0.15) is 0 Å². The van der Waals surface area contributed by atoms with Gasteiger partial charge in [-0.1, -0.05) is 47.5 Å². The SMILES string of the molecule is CC(NC(N)=NCc1ccccc1S(=O)(=O)N(C)C)c1ccc(Cl)cc1Cl.I. The van der Waals surface area contributed by atoms with Gasteiger partial charge >= 0.3 is 0 Å². The van der Waals surface area contributed by atoms with Gasteiger partial charge in [-0.2, -0.15) is 0 Å². The van der Waals surface area contributed by atoms with Gasteiger partial charge < -0.3 is 11.1 Å². The third-order valence-electron chi connectivity index (χ3n) is 3.94. The molecule has 28 heavy (non-hydrogen) atoms. The Morgan fingerprint density at radius 3 is 2.46 bits per heavy atom. The quantitative estimate of drug-likeness (QED) is 0.319. The Hall–Kier alpha value is -1.07. The summed E-state index contributed by atoms with van der Waals surface area (Å²) in [5.41, 5.74) is 7.36. The molecule has 2 aromatic rings. The van der Waals surface area contributed by atoms with Crippen LogP contribution in [0.5, 0.6) is 0 Å². The normalized spacial score (nSPS) is 13.1. The van der Waals surface area contributed by atoms with E-state index in [1.165, 1.54) is 18.4 Å². The molecule has 1 unspecified atom stereocenters. The van der Waals surface area contributed by atoms with Crippen LogP contribution in [0.25, 0.3) is 0 Å². The first-order chi connectivity index (χ1) is 12.6. The van der Waals surface area contributed by atoms with Crippen molar-refractivity contribution in [2.24, 2.45) is 10.7 Å². The average molecular weight is 557 g/mol. The summed E-state index contributed by atoms with van der Waals surface area (Å²) in [6, 6.07) is 11.7. The van der Waals surface area contributed by atoms with Gasteiger partial charge in [-0.3, -0.25) is 0 Å². The van der Waals surface area contributed by atoms with E-state index in [0.29, 0.717) is 15.6 Å². The molecule has 0 bridgehead atoms. The van der Waals surface area contributed by atoms with E-state index in [4.69, 9.17) is 28.9 Å². The number of guanidine groups is 1. The summed E-state index contributed by atoms with van der Waals surface area (Å²) < 4.78 is 26.0. The Morgan fingerprint density at radius 1 is 1.21 bits per heavy atom. The second kappa shape index (κ2) is 10.6. The fourth-order valence-electron chi connectivity index (χ4n) is 2.45. The van der Waals surface area contributed by atoms with Crippen LogP contribution in [0.2, 0.25) is 10.0 Å². The van der Waals surface area contributed by atoms with E-state index in [1.807, 2.05) is 13.0 Å². The maximum atomic E-state index is 12.4. The number of hydrogen-bond donors (Lipinski definition) is 2. The van der Waals surface area contributed by atoms with E-state index in [2.05, 4.69) is 10.3 Å². The first-order valence-corrected chi connectivity index (χ1v) is 10.3. The molecular formula is C18H23Cl2IN4O2S. The van der Waals surface area contributed by atoms with Gasteiger partial charge in [0.05, 0.1) is 17.5 Å². The zero-order valence-corrected chi connectivity index (χ0v) is 20.3. The number of halogens is 3. The number of nitrogens with two attached hydrogens (primary N) is 1. The van der Waals surface area contributed by atoms with Crippen LogP contribution in [0.3, 0.4) is 0 Å². The fraction of sp³-hybridized carbons (Fsp3) is 0.278. The summed E-state index contributed by atoms with van der Waals surface area (Å²) >= 11 is 12.1. The highest BCUT2D eigenvalue weighted by Gasteiger charge is 2.20. The minimum atomic E-state index is -3.56. The fourth-order valence-corrected chi connectivity index (χ4v) is 4.13. The van der Waals surface area contributed by atoms with E-state index in [0.717, 1.165) is 5.56 Å². The minimum absolute atomic E-state index is 0. The van der Waals surface area contributed by atoms with Crippen LogP contribution in [0.1, 0.15) is 24.1 Å². The molecule has 0 fully saturated rings. The summed E-state index contributed by atoms with van der Waals surface area (Å²) in [5.74, 6) is 0.186. The lowest BCUT2D eigenvalue weighted by Gasteiger charge is -2.17. The number of aliphatic imine (C=N–C) groups is 1. The highest BCUT2D eigenvalue weighted by Crippen LogP contribution is 2.26. The maximum absolute atomic E-state index is 12.4. The largest absolute Gasteiger partial charge is 0.370 e. The van der Waals surface area contributed by atoms with Crippen molar-refractivity contribution >= 4 is 63.2 Å². The lowest BCUT2D eigenvalue weighted by Crippen LogP contribution is -2.34. The lowest BCUT2D eigenvalue weighted by atomic mass is 10.1. The number of benzene rings is 2. The van der Waals surface area contributed by atoms with Crippen molar-refractivity contribution in [3.8, 4) is 0 Å². The second-order valence-electron chi connectivity index (χ2n) is 6.13. The number of hydrogen-bond acceptors (Lipinski definition) is 3. The van der Waals surface area contributed by atoms with Crippen molar-refractivity contribution in [1.82, 2.24) is 9.62 Å². The van der Waals surface area contributed by atoms with Crippen molar-refractivity contribution in [1.29, 1.82) is 0 Å². The predicted octanol–water partition coefficient (Wildman–Crippen LogP) is 4.03. The van der Waals surface area contributed by atoms with Gasteiger partial charge in [-0.25, -0.2) is 17.7 Å². The molecule has 3 N–H and O–H groups in total. The molecule has 2 aromatic carbocycles. The first-order valence-electron chi connectivity index (χ1n) is 8.14. The van der Waals surface area contributed by atoms with Gasteiger partial charge in [0.25, 0.3) is 0 Å². The van der Waals surface area contributed by atoms with Gasteiger partial charge in [-0.15, -0.1) is 24.0 Å². The monoisotopic (exact) mass is 556 g/mol. The highest BCUT2D eigenvalue weighted by molar-refractivity contribution is 14.0. The van der Waals surface area contributed by atoms with Crippen LogP contribution < -0.4 is 11.1 Å². The molecule has 2 rings (SSSR count). The first kappa shape index (κ1) is 25.0. The van der Waals surface area contributed by atoms with E-state index in [-0.39, 0.29) is 47.4 Å². The Labute approximate surface area is 193 Å². The highest BCUT2D eigenvalue weighted by atomic mass is 127. The zero-order chi connectivity index (χ0) is 20.2. The molecular weight excluding hydrogens is 534 g/mol. The van der Waals surface area contributed by atoms with Crippen LogP contribution in [0, 0.1) is 0 Å². The van der Waals surface area contributed by atoms with Crippen LogP contribution in [-0.2, 0) is 16.6 Å². The third kappa shape index (κ3) is 6.21. The Bertz CT molecular complexity index is 952. The Balaban J connectivity index is 0.00000392. The Morgan fingerprint density at radius 2 is 1.86 bits per heavy atom. The summed E-state index contributed by atoms with van der Waals surface area (Å²) in [7, 11) is -0.580. The van der Waals surface area contributed by atoms with Crippen molar-refractivity contribution in [3.63, 3.8) is 0 Å². The van der Waals surface area contributed by atoms with E-state index in [1.54, 1.807) is 36.4 Å². The molecule has 0 saturated heterocycles. The van der Waals surface area contributed by atoms with E-state index in [9.17, 15) is 8.42 Å². The van der Waals surface area contributed by atoms with Crippen LogP contribution >= 0.6 is 47.2 Å². The molecule has 0 aliphatic rings. The third-order valence-corrected chi connectivity index (χ3v) is 6.42. The molecule has 0 aliphatic heterocycles. The summed E-state index contributed by atoms with van der Waals surface area (Å²) in [6.07, 6.45) is 0. The van der Waals surface area contributed by atoms with Crippen molar-refractivity contribution < 1.29 is 8.42 Å². The van der Waals surface area contributed by atoms with Gasteiger partial charge in [0, 0.05) is 24.1 Å². The summed E-state index contributed by atoms with van der Waals surface area (Å²) in [5, 5.41) is 4.13. The molecule has 1 atom stereocenters. The standard InChI is InChI=1S/C18H22Cl2N4O2S.HI/c1-12(15-9-8-14(19)10-16(15)20)23-18(21)22-11-13-6-4-5-7-17(13)27(25,26)24(2)3;/h4-10,12H,11H2,1-3H3,(H3,21,22,23);1H. The molecule has 6 nitrogen and oxygen atoms in total. The molecule has 0 saturated carbocycles. The molecule has 154 valence electrons. The predicted molar refractivity (Wildman–Crippen MR) is 126 cm³/mol. The van der Waals surface area contributed by atoms with Gasteiger partial charge in [0.15, 0.2) is 5.96 Å². The topological polar surface area (TPSA) is 87.8 Å². The van der Waals surface area contributed by atoms with Crippen LogP contribution in [0.4, 0.5) is 0 Å². The number of nitrogens with one attached hydrogen (secondary N) is 1. The number of nitrogens with zero attached hydrogens (tertiary/aromatic N) is 2. The van der Waals surface area contributed by atoms with E-state index >= 15 is 0 Å². The summed E-state index contributed by atoms with van der Waals surface area (Å²) in [4.78, 5) is 4.48. The second-order valence-corrected chi connectivity index (χ2v) is 9.09. The molecule has 0 heterocycles. The maximum Gasteiger partial charge on any atom is 0.242 e. The Kier molecular flexibility index (Phi) is 9.48. The van der Waals surface area contributed by atoms with Gasteiger partial charge in [-0.05, 0) is 36.2 Å². The van der Waals surface area contributed by atoms with Crippen LogP contribution in [-0.4, -0.2) is 32.8 Å². The summed E-state index contributed by atoms with van der Waals surface area (Å²) in [6.45, 7) is 2.02. The molecule has 0 amide bonds. The average Bonchev–Trinajstić information content (AvgIpc) is 2.59. The van der Waals surface area contributed by atoms with Crippen LogP contribution in [0.15, 0.2) is 52.4 Å². The molecule has 10 heteroatoms. The van der Waals surface area contributed by atoms with Gasteiger partial charge in [0.2, 0.25) is 10.0 Å².